The molecule has 0 bridgehead atoms. The number of carbonyl (C=O) groups is 1. The van der Waals surface area contributed by atoms with E-state index in [1.807, 2.05) is 32.9 Å². The fourth-order valence-electron chi connectivity index (χ4n) is 0.761. The van der Waals surface area contributed by atoms with Crippen LogP contribution in [0.4, 0.5) is 0 Å². The van der Waals surface area contributed by atoms with E-state index in [9.17, 15) is 4.79 Å². The van der Waals surface area contributed by atoms with Gasteiger partial charge in [0.1, 0.15) is 0 Å². The summed E-state index contributed by atoms with van der Waals surface area (Å²) < 4.78 is 0.894. The van der Waals surface area contributed by atoms with E-state index in [1.54, 1.807) is 6.07 Å². The molecule has 1 aromatic rings. The van der Waals surface area contributed by atoms with Crippen molar-refractivity contribution >= 4 is 22.2 Å². The molecule has 0 aromatic heterocycles. The average molecular weight is 229 g/mol. The molecule has 0 aliphatic rings. The van der Waals surface area contributed by atoms with E-state index >= 15 is 0 Å². The van der Waals surface area contributed by atoms with Crippen molar-refractivity contribution in [2.75, 3.05) is 0 Å². The van der Waals surface area contributed by atoms with Crippen LogP contribution < -0.4 is 0 Å². The molecule has 0 aliphatic carbocycles. The van der Waals surface area contributed by atoms with Crippen LogP contribution >= 0.6 is 15.9 Å². The molecule has 0 unspecified atom stereocenters. The van der Waals surface area contributed by atoms with Crippen LogP contribution in [0.25, 0.3) is 0 Å². The van der Waals surface area contributed by atoms with Crippen LogP contribution in [0, 0.1) is 6.92 Å². The highest BCUT2D eigenvalue weighted by molar-refractivity contribution is 9.10. The third-order valence-corrected chi connectivity index (χ3v) is 2.43. The lowest BCUT2D eigenvalue weighted by Crippen LogP contribution is -1.83. The summed E-state index contributed by atoms with van der Waals surface area (Å²) in [6, 6.07) is 5.60. The standard InChI is InChI=1S/C8H7BrO.C2H6/c1-6-3-2-4-7(5-10)8(6)9;1-2/h2-5H,1H3;1-2H3. The lowest BCUT2D eigenvalue weighted by Gasteiger charge is -1.97. The Kier molecular flexibility index (Phi) is 5.64. The second-order valence-electron chi connectivity index (χ2n) is 2.10. The first kappa shape index (κ1) is 11.4. The summed E-state index contributed by atoms with van der Waals surface area (Å²) in [4.78, 5) is 10.3. The Balaban J connectivity index is 0.000000561. The van der Waals surface area contributed by atoms with E-state index < -0.39 is 0 Å². The lowest BCUT2D eigenvalue weighted by atomic mass is 10.2. The summed E-state index contributed by atoms with van der Waals surface area (Å²) >= 11 is 3.31. The fourth-order valence-corrected chi connectivity index (χ4v) is 1.12. The molecule has 0 spiro atoms. The normalized spacial score (nSPS) is 8.33. The highest BCUT2D eigenvalue weighted by Gasteiger charge is 1.98. The third-order valence-electron chi connectivity index (χ3n) is 1.35. The van der Waals surface area contributed by atoms with Gasteiger partial charge in [-0.1, -0.05) is 32.0 Å². The van der Waals surface area contributed by atoms with Gasteiger partial charge in [-0.3, -0.25) is 4.79 Å². The highest BCUT2D eigenvalue weighted by Crippen LogP contribution is 2.18. The first-order valence-electron chi connectivity index (χ1n) is 3.96. The first-order chi connectivity index (χ1) is 5.75. The zero-order valence-corrected chi connectivity index (χ0v) is 9.18. The second-order valence-corrected chi connectivity index (χ2v) is 2.89. The van der Waals surface area contributed by atoms with E-state index in [2.05, 4.69) is 15.9 Å². The molecular weight excluding hydrogens is 216 g/mol. The topological polar surface area (TPSA) is 17.1 Å². The summed E-state index contributed by atoms with van der Waals surface area (Å²) in [7, 11) is 0. The number of benzene rings is 1. The van der Waals surface area contributed by atoms with Crippen LogP contribution in [0.2, 0.25) is 0 Å². The van der Waals surface area contributed by atoms with Crippen LogP contribution in [0.5, 0.6) is 0 Å². The van der Waals surface area contributed by atoms with E-state index in [1.165, 1.54) is 0 Å². The third kappa shape index (κ3) is 2.78. The SMILES string of the molecule is CC.Cc1cccc(C=O)c1Br. The maximum atomic E-state index is 10.3. The zero-order chi connectivity index (χ0) is 9.56. The number of hydrogen-bond donors (Lipinski definition) is 0. The predicted octanol–water partition coefficient (Wildman–Crippen LogP) is 3.60. The monoisotopic (exact) mass is 228 g/mol. The van der Waals surface area contributed by atoms with E-state index in [4.69, 9.17) is 0 Å². The number of hydrogen-bond acceptors (Lipinski definition) is 1. The van der Waals surface area contributed by atoms with Gasteiger partial charge in [-0.15, -0.1) is 0 Å². The van der Waals surface area contributed by atoms with Crippen molar-refractivity contribution in [3.05, 3.63) is 33.8 Å². The smallest absolute Gasteiger partial charge is 0.151 e. The Morgan fingerprint density at radius 1 is 1.33 bits per heavy atom. The van der Waals surface area contributed by atoms with Gasteiger partial charge >= 0.3 is 0 Å². The van der Waals surface area contributed by atoms with Gasteiger partial charge in [0.2, 0.25) is 0 Å². The van der Waals surface area contributed by atoms with Gasteiger partial charge in [0.05, 0.1) is 0 Å². The number of halogens is 1. The molecule has 12 heavy (non-hydrogen) atoms. The van der Waals surface area contributed by atoms with Crippen LogP contribution in [0.15, 0.2) is 22.7 Å². The molecular formula is C10H13BrO. The summed E-state index contributed by atoms with van der Waals surface area (Å²) in [6.45, 7) is 5.96. The maximum Gasteiger partial charge on any atom is 0.151 e. The molecule has 2 heteroatoms. The maximum absolute atomic E-state index is 10.3. The summed E-state index contributed by atoms with van der Waals surface area (Å²) in [5.74, 6) is 0. The molecule has 0 radical (unpaired) electrons. The van der Waals surface area contributed by atoms with Crippen molar-refractivity contribution in [1.82, 2.24) is 0 Å². The predicted molar refractivity (Wildman–Crippen MR) is 55.6 cm³/mol. The van der Waals surface area contributed by atoms with Gasteiger partial charge in [0.15, 0.2) is 6.29 Å². The molecule has 0 amide bonds. The van der Waals surface area contributed by atoms with Crippen molar-refractivity contribution in [2.24, 2.45) is 0 Å². The summed E-state index contributed by atoms with van der Waals surface area (Å²) in [5, 5.41) is 0. The number of carbonyl (C=O) groups excluding carboxylic acids is 1. The lowest BCUT2D eigenvalue weighted by molar-refractivity contribution is 0.112. The minimum atomic E-state index is 0.708. The van der Waals surface area contributed by atoms with Crippen LogP contribution in [-0.2, 0) is 0 Å². The molecule has 1 nitrogen and oxygen atoms in total. The minimum Gasteiger partial charge on any atom is -0.298 e. The molecule has 1 aromatic carbocycles. The molecule has 0 N–H and O–H groups in total. The molecule has 0 fully saturated rings. The summed E-state index contributed by atoms with van der Waals surface area (Å²) in [6.07, 6.45) is 0.844. The van der Waals surface area contributed by atoms with Gasteiger partial charge in [-0.25, -0.2) is 0 Å². The van der Waals surface area contributed by atoms with E-state index in [-0.39, 0.29) is 0 Å². The average Bonchev–Trinajstić information content (AvgIpc) is 2.13. The molecule has 0 aliphatic heterocycles. The largest absolute Gasteiger partial charge is 0.298 e. The molecule has 66 valence electrons. The first-order valence-corrected chi connectivity index (χ1v) is 4.75. The highest BCUT2D eigenvalue weighted by atomic mass is 79.9. The fraction of sp³-hybridized carbons (Fsp3) is 0.300. The van der Waals surface area contributed by atoms with Gasteiger partial charge in [-0.05, 0) is 28.4 Å². The van der Waals surface area contributed by atoms with Gasteiger partial charge in [0.25, 0.3) is 0 Å². The summed E-state index contributed by atoms with van der Waals surface area (Å²) in [5.41, 5.74) is 1.80. The molecule has 0 saturated heterocycles. The van der Waals surface area contributed by atoms with Crippen molar-refractivity contribution in [1.29, 1.82) is 0 Å². The quantitative estimate of drug-likeness (QED) is 0.672. The minimum absolute atomic E-state index is 0.708. The van der Waals surface area contributed by atoms with E-state index in [0.717, 1.165) is 16.3 Å². The van der Waals surface area contributed by atoms with Gasteiger partial charge in [0, 0.05) is 10.0 Å². The van der Waals surface area contributed by atoms with Gasteiger partial charge < -0.3 is 0 Å². The van der Waals surface area contributed by atoms with Crippen molar-refractivity contribution in [3.63, 3.8) is 0 Å². The number of aryl methyl sites for hydroxylation is 1. The van der Waals surface area contributed by atoms with Crippen molar-refractivity contribution in [3.8, 4) is 0 Å². The van der Waals surface area contributed by atoms with Crippen LogP contribution in [0.1, 0.15) is 29.8 Å². The van der Waals surface area contributed by atoms with Crippen LogP contribution in [-0.4, -0.2) is 6.29 Å². The molecule has 0 saturated carbocycles. The number of rotatable bonds is 1. The van der Waals surface area contributed by atoms with Crippen LogP contribution in [0.3, 0.4) is 0 Å². The van der Waals surface area contributed by atoms with Crippen molar-refractivity contribution < 1.29 is 4.79 Å². The molecule has 0 heterocycles. The Morgan fingerprint density at radius 2 is 1.92 bits per heavy atom. The zero-order valence-electron chi connectivity index (χ0n) is 7.60. The Bertz CT molecular complexity index is 256. The number of aldehydes is 1. The second kappa shape index (κ2) is 5.95. The Labute approximate surface area is 81.9 Å². The Morgan fingerprint density at radius 3 is 2.33 bits per heavy atom. The Hall–Kier alpha value is -0.630. The molecule has 1 rings (SSSR count). The van der Waals surface area contributed by atoms with E-state index in [0.29, 0.717) is 5.56 Å². The van der Waals surface area contributed by atoms with Gasteiger partial charge in [-0.2, -0.15) is 0 Å². The van der Waals surface area contributed by atoms with Crippen molar-refractivity contribution in [2.45, 2.75) is 20.8 Å². The molecule has 0 atom stereocenters.